The lowest BCUT2D eigenvalue weighted by Crippen LogP contribution is -2.13. The maximum Gasteiger partial charge on any atom is 0.155 e. The first kappa shape index (κ1) is 12.6. The molecule has 0 aliphatic heterocycles. The Hall–Kier alpha value is -1.38. The predicted octanol–water partition coefficient (Wildman–Crippen LogP) is 3.61. The Balaban J connectivity index is 1.66. The topological polar surface area (TPSA) is 34.9 Å². The third-order valence-corrected chi connectivity index (χ3v) is 4.31. The van der Waals surface area contributed by atoms with Crippen molar-refractivity contribution in [3.05, 3.63) is 29.6 Å². The van der Waals surface area contributed by atoms with Crippen molar-refractivity contribution in [1.29, 1.82) is 0 Å². The first-order valence-corrected chi connectivity index (χ1v) is 7.57. The zero-order valence-electron chi connectivity index (χ0n) is 11.5. The molecule has 1 saturated carbocycles. The molecule has 1 fully saturated rings. The molecule has 0 atom stereocenters. The molecule has 0 radical (unpaired) electrons. The van der Waals surface area contributed by atoms with Gasteiger partial charge in [0.25, 0.3) is 0 Å². The summed E-state index contributed by atoms with van der Waals surface area (Å²) in [6.07, 6.45) is 14.2. The van der Waals surface area contributed by atoms with Gasteiger partial charge in [-0.1, -0.05) is 24.8 Å². The van der Waals surface area contributed by atoms with E-state index >= 15 is 0 Å². The molecule has 2 aliphatic rings. The summed E-state index contributed by atoms with van der Waals surface area (Å²) in [5.74, 6) is 0.285. The van der Waals surface area contributed by atoms with E-state index in [1.54, 1.807) is 0 Å². The van der Waals surface area contributed by atoms with E-state index in [9.17, 15) is 4.79 Å². The van der Waals surface area contributed by atoms with Gasteiger partial charge in [0.05, 0.1) is 11.7 Å². The van der Waals surface area contributed by atoms with Gasteiger partial charge < -0.3 is 0 Å². The maximum absolute atomic E-state index is 11.4. The second kappa shape index (κ2) is 5.72. The molecule has 0 unspecified atom stereocenters. The lowest BCUT2D eigenvalue weighted by molar-refractivity contribution is -0.115. The first-order chi connectivity index (χ1) is 9.31. The van der Waals surface area contributed by atoms with Crippen molar-refractivity contribution >= 4 is 5.78 Å². The molecular weight excluding hydrogens is 236 g/mol. The van der Waals surface area contributed by atoms with Gasteiger partial charge >= 0.3 is 0 Å². The molecular formula is C16H22N2O. The number of nitrogens with zero attached hydrogens (tertiary/aromatic N) is 2. The number of ketones is 1. The van der Waals surface area contributed by atoms with Crippen molar-refractivity contribution in [1.82, 2.24) is 9.78 Å². The van der Waals surface area contributed by atoms with Gasteiger partial charge in [-0.15, -0.1) is 0 Å². The van der Waals surface area contributed by atoms with E-state index < -0.39 is 0 Å². The van der Waals surface area contributed by atoms with Crippen LogP contribution in [0.15, 0.2) is 23.9 Å². The van der Waals surface area contributed by atoms with Gasteiger partial charge in [0.15, 0.2) is 5.78 Å². The third-order valence-electron chi connectivity index (χ3n) is 4.31. The predicted molar refractivity (Wildman–Crippen MR) is 75.0 cm³/mol. The van der Waals surface area contributed by atoms with E-state index in [1.807, 2.05) is 6.08 Å². The molecule has 0 bridgehead atoms. The van der Waals surface area contributed by atoms with Crippen LogP contribution >= 0.6 is 0 Å². The highest BCUT2D eigenvalue weighted by molar-refractivity contribution is 5.91. The standard InChI is InChI=1S/C16H22N2O/c19-16-8-4-5-13(12-16)11-14-9-10-18(17-14)15-6-2-1-3-7-15/h9-10,12,15H,1-8,11H2. The van der Waals surface area contributed by atoms with Crippen LogP contribution in [0.1, 0.15) is 63.1 Å². The fourth-order valence-electron chi connectivity index (χ4n) is 3.25. The van der Waals surface area contributed by atoms with Crippen LogP contribution in [0, 0.1) is 0 Å². The quantitative estimate of drug-likeness (QED) is 0.830. The van der Waals surface area contributed by atoms with Gasteiger partial charge in [-0.25, -0.2) is 0 Å². The molecule has 1 aromatic heterocycles. The summed E-state index contributed by atoms with van der Waals surface area (Å²) in [6.45, 7) is 0. The van der Waals surface area contributed by atoms with E-state index in [1.165, 1.54) is 37.7 Å². The average Bonchev–Trinajstić information content (AvgIpc) is 2.88. The summed E-state index contributed by atoms with van der Waals surface area (Å²) in [5, 5.41) is 4.72. The Morgan fingerprint density at radius 2 is 2.00 bits per heavy atom. The molecule has 3 rings (SSSR count). The molecule has 0 aromatic carbocycles. The monoisotopic (exact) mass is 258 g/mol. The highest BCUT2D eigenvalue weighted by Crippen LogP contribution is 2.28. The summed E-state index contributed by atoms with van der Waals surface area (Å²) < 4.78 is 2.15. The number of hydrogen-bond acceptors (Lipinski definition) is 2. The molecule has 0 amide bonds. The Bertz CT molecular complexity index is 481. The highest BCUT2D eigenvalue weighted by atomic mass is 16.1. The maximum atomic E-state index is 11.4. The molecule has 102 valence electrons. The molecule has 0 N–H and O–H groups in total. The molecule has 1 aromatic rings. The first-order valence-electron chi connectivity index (χ1n) is 7.57. The third kappa shape index (κ3) is 3.14. The lowest BCUT2D eigenvalue weighted by Gasteiger charge is -2.21. The van der Waals surface area contributed by atoms with Gasteiger partial charge in [-0.05, 0) is 37.8 Å². The smallest absolute Gasteiger partial charge is 0.155 e. The van der Waals surface area contributed by atoms with Crippen LogP contribution in [0.3, 0.4) is 0 Å². The fourth-order valence-corrected chi connectivity index (χ4v) is 3.25. The van der Waals surface area contributed by atoms with Crippen LogP contribution in [0.4, 0.5) is 0 Å². The molecule has 3 nitrogen and oxygen atoms in total. The summed E-state index contributed by atoms with van der Waals surface area (Å²) in [4.78, 5) is 11.4. The Labute approximate surface area is 114 Å². The minimum absolute atomic E-state index is 0.285. The van der Waals surface area contributed by atoms with Crippen molar-refractivity contribution < 1.29 is 4.79 Å². The van der Waals surface area contributed by atoms with Gasteiger partial charge in [0.1, 0.15) is 0 Å². The van der Waals surface area contributed by atoms with E-state index in [0.29, 0.717) is 6.04 Å². The van der Waals surface area contributed by atoms with Crippen molar-refractivity contribution in [2.75, 3.05) is 0 Å². The number of carbonyl (C=O) groups excluding carboxylic acids is 1. The Morgan fingerprint density at radius 1 is 1.16 bits per heavy atom. The van der Waals surface area contributed by atoms with Crippen molar-refractivity contribution in [3.8, 4) is 0 Å². The second-order valence-corrected chi connectivity index (χ2v) is 5.88. The van der Waals surface area contributed by atoms with Crippen LogP contribution in [0.5, 0.6) is 0 Å². The Kier molecular flexibility index (Phi) is 3.81. The van der Waals surface area contributed by atoms with Crippen molar-refractivity contribution in [2.24, 2.45) is 0 Å². The number of carbonyl (C=O) groups is 1. The summed E-state index contributed by atoms with van der Waals surface area (Å²) in [5.41, 5.74) is 2.37. The van der Waals surface area contributed by atoms with Crippen molar-refractivity contribution in [3.63, 3.8) is 0 Å². The number of hydrogen-bond donors (Lipinski definition) is 0. The van der Waals surface area contributed by atoms with Crippen LogP contribution < -0.4 is 0 Å². The molecule has 0 saturated heterocycles. The van der Waals surface area contributed by atoms with Crippen LogP contribution in [-0.4, -0.2) is 15.6 Å². The van der Waals surface area contributed by atoms with Gasteiger partial charge in [0, 0.05) is 19.0 Å². The average molecular weight is 258 g/mol. The van der Waals surface area contributed by atoms with E-state index in [0.717, 1.165) is 31.4 Å². The second-order valence-electron chi connectivity index (χ2n) is 5.88. The van der Waals surface area contributed by atoms with Gasteiger partial charge in [0.2, 0.25) is 0 Å². The number of rotatable bonds is 3. The van der Waals surface area contributed by atoms with Crippen molar-refractivity contribution in [2.45, 2.75) is 63.8 Å². The molecule has 19 heavy (non-hydrogen) atoms. The van der Waals surface area contributed by atoms with Crippen LogP contribution in [0.2, 0.25) is 0 Å². The zero-order valence-corrected chi connectivity index (χ0v) is 11.5. The van der Waals surface area contributed by atoms with E-state index in [4.69, 9.17) is 5.10 Å². The number of aromatic nitrogens is 2. The fraction of sp³-hybridized carbons (Fsp3) is 0.625. The molecule has 2 aliphatic carbocycles. The summed E-state index contributed by atoms with van der Waals surface area (Å²) >= 11 is 0. The van der Waals surface area contributed by atoms with Gasteiger partial charge in [-0.2, -0.15) is 5.10 Å². The van der Waals surface area contributed by atoms with Gasteiger partial charge in [-0.3, -0.25) is 9.48 Å². The highest BCUT2D eigenvalue weighted by Gasteiger charge is 2.17. The normalized spacial score (nSPS) is 21.5. The van der Waals surface area contributed by atoms with Crippen LogP contribution in [-0.2, 0) is 11.2 Å². The molecule has 1 heterocycles. The number of allylic oxidation sites excluding steroid dienone is 2. The van der Waals surface area contributed by atoms with E-state index in [-0.39, 0.29) is 5.78 Å². The molecule has 3 heteroatoms. The minimum Gasteiger partial charge on any atom is -0.295 e. The molecule has 0 spiro atoms. The largest absolute Gasteiger partial charge is 0.295 e. The summed E-state index contributed by atoms with van der Waals surface area (Å²) in [7, 11) is 0. The summed E-state index contributed by atoms with van der Waals surface area (Å²) in [6, 6.07) is 2.72. The van der Waals surface area contributed by atoms with E-state index in [2.05, 4.69) is 16.9 Å². The lowest BCUT2D eigenvalue weighted by atomic mass is 9.95. The zero-order chi connectivity index (χ0) is 13.1. The Morgan fingerprint density at radius 3 is 2.79 bits per heavy atom. The minimum atomic E-state index is 0.285. The van der Waals surface area contributed by atoms with Crippen LogP contribution in [0.25, 0.3) is 0 Å². The SMILES string of the molecule is O=C1C=C(Cc2ccn(C3CCCCC3)n2)CCC1.